The van der Waals surface area contributed by atoms with Crippen LogP contribution in [0.25, 0.3) is 11.0 Å². The number of nitrogens with two attached hydrogens (primary N) is 1. The van der Waals surface area contributed by atoms with E-state index in [4.69, 9.17) is 5.73 Å². The summed E-state index contributed by atoms with van der Waals surface area (Å²) in [6.45, 7) is 8.86. The molecule has 19 heavy (non-hydrogen) atoms. The fraction of sp³-hybridized carbons (Fsp3) is 0.533. The third kappa shape index (κ3) is 3.96. The van der Waals surface area contributed by atoms with Gasteiger partial charge in [0.05, 0.1) is 11.0 Å². The van der Waals surface area contributed by atoms with Crippen molar-refractivity contribution < 1.29 is 0 Å². The number of nitrogen functional groups attached to an aromatic ring is 1. The SMILES string of the molecule is CN(CCc1nc2ccc(N)cc2[nH]1)CC(C)(C)C. The molecule has 2 aromatic rings. The Balaban J connectivity index is 1.98. The second-order valence-corrected chi connectivity index (χ2v) is 6.51. The molecule has 1 aromatic carbocycles. The standard InChI is InChI=1S/C15H24N4/c1-15(2,3)10-19(4)8-7-14-17-12-6-5-11(16)9-13(12)18-14/h5-6,9H,7-8,10,16H2,1-4H3,(H,17,18). The predicted octanol–water partition coefficient (Wildman–Crippen LogP) is 2.67. The van der Waals surface area contributed by atoms with Crippen molar-refractivity contribution in [3.8, 4) is 0 Å². The van der Waals surface area contributed by atoms with E-state index in [1.54, 1.807) is 0 Å². The number of imidazole rings is 1. The highest BCUT2D eigenvalue weighted by Gasteiger charge is 2.13. The molecule has 0 unspecified atom stereocenters. The highest BCUT2D eigenvalue weighted by molar-refractivity contribution is 5.78. The number of hydrogen-bond acceptors (Lipinski definition) is 3. The van der Waals surface area contributed by atoms with Crippen LogP contribution in [0.2, 0.25) is 0 Å². The monoisotopic (exact) mass is 260 g/mol. The van der Waals surface area contributed by atoms with E-state index in [-0.39, 0.29) is 0 Å². The van der Waals surface area contributed by atoms with Crippen LogP contribution < -0.4 is 5.73 Å². The number of H-pyrrole nitrogens is 1. The van der Waals surface area contributed by atoms with Crippen LogP contribution in [0.1, 0.15) is 26.6 Å². The van der Waals surface area contributed by atoms with Gasteiger partial charge in [0.15, 0.2) is 0 Å². The Kier molecular flexibility index (Phi) is 3.80. The lowest BCUT2D eigenvalue weighted by atomic mass is 9.96. The van der Waals surface area contributed by atoms with Crippen molar-refractivity contribution in [1.82, 2.24) is 14.9 Å². The van der Waals surface area contributed by atoms with Crippen LogP contribution in [0, 0.1) is 5.41 Å². The molecule has 2 rings (SSSR count). The first kappa shape index (κ1) is 13.9. The van der Waals surface area contributed by atoms with E-state index in [1.165, 1.54) is 0 Å². The quantitative estimate of drug-likeness (QED) is 0.831. The number of aromatic amines is 1. The molecule has 0 saturated carbocycles. The summed E-state index contributed by atoms with van der Waals surface area (Å²) in [6.07, 6.45) is 0.932. The first-order valence-corrected chi connectivity index (χ1v) is 6.76. The highest BCUT2D eigenvalue weighted by atomic mass is 15.1. The van der Waals surface area contributed by atoms with Gasteiger partial charge >= 0.3 is 0 Å². The topological polar surface area (TPSA) is 57.9 Å². The summed E-state index contributed by atoms with van der Waals surface area (Å²) < 4.78 is 0. The van der Waals surface area contributed by atoms with E-state index in [9.17, 15) is 0 Å². The molecule has 1 aromatic heterocycles. The fourth-order valence-electron chi connectivity index (χ4n) is 2.38. The number of fused-ring (bicyclic) bond motifs is 1. The number of anilines is 1. The van der Waals surface area contributed by atoms with Crippen LogP contribution in [0.4, 0.5) is 5.69 Å². The number of nitrogens with zero attached hydrogens (tertiary/aromatic N) is 2. The van der Waals surface area contributed by atoms with Gasteiger partial charge in [0, 0.05) is 25.2 Å². The summed E-state index contributed by atoms with van der Waals surface area (Å²) in [4.78, 5) is 10.3. The van der Waals surface area contributed by atoms with Crippen molar-refractivity contribution in [1.29, 1.82) is 0 Å². The molecular weight excluding hydrogens is 236 g/mol. The molecule has 0 saturated heterocycles. The molecule has 4 heteroatoms. The maximum absolute atomic E-state index is 5.77. The van der Waals surface area contributed by atoms with Gasteiger partial charge in [0.25, 0.3) is 0 Å². The fourth-order valence-corrected chi connectivity index (χ4v) is 2.38. The Hall–Kier alpha value is -1.55. The Morgan fingerprint density at radius 2 is 2.05 bits per heavy atom. The lowest BCUT2D eigenvalue weighted by molar-refractivity contribution is 0.228. The highest BCUT2D eigenvalue weighted by Crippen LogP contribution is 2.16. The van der Waals surface area contributed by atoms with Crippen molar-refractivity contribution in [2.75, 3.05) is 25.9 Å². The first-order valence-electron chi connectivity index (χ1n) is 6.76. The summed E-state index contributed by atoms with van der Waals surface area (Å²) in [6, 6.07) is 5.78. The van der Waals surface area contributed by atoms with E-state index in [1.807, 2.05) is 18.2 Å². The summed E-state index contributed by atoms with van der Waals surface area (Å²) in [5, 5.41) is 0. The number of rotatable bonds is 4. The zero-order chi connectivity index (χ0) is 14.0. The van der Waals surface area contributed by atoms with E-state index >= 15 is 0 Å². The number of nitrogens with one attached hydrogen (secondary N) is 1. The second-order valence-electron chi connectivity index (χ2n) is 6.51. The smallest absolute Gasteiger partial charge is 0.108 e. The molecular formula is C15H24N4. The van der Waals surface area contributed by atoms with Crippen molar-refractivity contribution in [2.45, 2.75) is 27.2 Å². The third-order valence-corrected chi connectivity index (χ3v) is 3.03. The first-order chi connectivity index (χ1) is 8.83. The lowest BCUT2D eigenvalue weighted by Gasteiger charge is -2.26. The Labute approximate surface area is 115 Å². The van der Waals surface area contributed by atoms with E-state index < -0.39 is 0 Å². The summed E-state index contributed by atoms with van der Waals surface area (Å²) in [7, 11) is 2.16. The van der Waals surface area contributed by atoms with E-state index in [2.05, 4.69) is 42.7 Å². The van der Waals surface area contributed by atoms with Gasteiger partial charge in [-0.1, -0.05) is 20.8 Å². The normalized spacial score (nSPS) is 12.5. The van der Waals surface area contributed by atoms with Gasteiger partial charge in [0.2, 0.25) is 0 Å². The van der Waals surface area contributed by atoms with Crippen LogP contribution in [-0.2, 0) is 6.42 Å². The molecule has 0 radical (unpaired) electrons. The van der Waals surface area contributed by atoms with Gasteiger partial charge in [0.1, 0.15) is 5.82 Å². The molecule has 4 nitrogen and oxygen atoms in total. The van der Waals surface area contributed by atoms with Crippen LogP contribution >= 0.6 is 0 Å². The molecule has 0 amide bonds. The molecule has 0 aliphatic heterocycles. The van der Waals surface area contributed by atoms with Crippen LogP contribution in [-0.4, -0.2) is 35.0 Å². The van der Waals surface area contributed by atoms with Crippen LogP contribution in [0.15, 0.2) is 18.2 Å². The summed E-state index contributed by atoms with van der Waals surface area (Å²) in [5.74, 6) is 1.03. The zero-order valence-electron chi connectivity index (χ0n) is 12.3. The third-order valence-electron chi connectivity index (χ3n) is 3.03. The van der Waals surface area contributed by atoms with Gasteiger partial charge < -0.3 is 15.6 Å². The second kappa shape index (κ2) is 5.21. The number of benzene rings is 1. The molecule has 0 aliphatic rings. The number of likely N-dealkylation sites (N-methyl/N-ethyl adjacent to an activating group) is 1. The van der Waals surface area contributed by atoms with Gasteiger partial charge in [-0.3, -0.25) is 0 Å². The summed E-state index contributed by atoms with van der Waals surface area (Å²) in [5.41, 5.74) is 8.88. The largest absolute Gasteiger partial charge is 0.399 e. The molecule has 0 atom stereocenters. The van der Waals surface area contributed by atoms with Crippen molar-refractivity contribution in [3.05, 3.63) is 24.0 Å². The van der Waals surface area contributed by atoms with E-state index in [0.29, 0.717) is 5.41 Å². The Morgan fingerprint density at radius 1 is 1.32 bits per heavy atom. The minimum absolute atomic E-state index is 0.330. The van der Waals surface area contributed by atoms with Gasteiger partial charge in [-0.05, 0) is 30.7 Å². The van der Waals surface area contributed by atoms with Gasteiger partial charge in [-0.15, -0.1) is 0 Å². The van der Waals surface area contributed by atoms with Gasteiger partial charge in [-0.25, -0.2) is 4.98 Å². The zero-order valence-corrected chi connectivity index (χ0v) is 12.3. The minimum Gasteiger partial charge on any atom is -0.399 e. The maximum Gasteiger partial charge on any atom is 0.108 e. The van der Waals surface area contributed by atoms with Crippen LogP contribution in [0.5, 0.6) is 0 Å². The average molecular weight is 260 g/mol. The number of hydrogen-bond donors (Lipinski definition) is 2. The molecule has 0 fully saturated rings. The van der Waals surface area contributed by atoms with Crippen molar-refractivity contribution >= 4 is 16.7 Å². The number of aromatic nitrogens is 2. The molecule has 1 heterocycles. The molecule has 104 valence electrons. The van der Waals surface area contributed by atoms with Crippen molar-refractivity contribution in [2.24, 2.45) is 5.41 Å². The molecule has 3 N–H and O–H groups in total. The van der Waals surface area contributed by atoms with Crippen molar-refractivity contribution in [3.63, 3.8) is 0 Å². The molecule has 0 spiro atoms. The predicted molar refractivity (Wildman–Crippen MR) is 81.2 cm³/mol. The Morgan fingerprint density at radius 3 is 2.74 bits per heavy atom. The Bertz CT molecular complexity index is 551. The van der Waals surface area contributed by atoms with Gasteiger partial charge in [-0.2, -0.15) is 0 Å². The average Bonchev–Trinajstić information content (AvgIpc) is 2.66. The van der Waals surface area contributed by atoms with E-state index in [0.717, 1.165) is 42.1 Å². The molecule has 0 bridgehead atoms. The molecule has 0 aliphatic carbocycles. The minimum atomic E-state index is 0.330. The van der Waals surface area contributed by atoms with Crippen LogP contribution in [0.3, 0.4) is 0 Å². The summed E-state index contributed by atoms with van der Waals surface area (Å²) >= 11 is 0. The lowest BCUT2D eigenvalue weighted by Crippen LogP contribution is -2.31. The maximum atomic E-state index is 5.77.